The molecule has 1 atom stereocenters. The number of aryl methyl sites for hydroxylation is 1. The number of thiophene rings is 1. The molecule has 19 heavy (non-hydrogen) atoms. The third-order valence-corrected chi connectivity index (χ3v) is 7.11. The lowest BCUT2D eigenvalue weighted by Gasteiger charge is -2.32. The van der Waals surface area contributed by atoms with Crippen molar-refractivity contribution in [2.24, 2.45) is 0 Å². The molecule has 2 rings (SSSR count). The van der Waals surface area contributed by atoms with Crippen LogP contribution in [0.5, 0.6) is 0 Å². The Hall–Kier alpha value is -0.430. The summed E-state index contributed by atoms with van der Waals surface area (Å²) in [5, 5.41) is 4.99. The normalized spacial score (nSPS) is 21.7. The van der Waals surface area contributed by atoms with Crippen LogP contribution in [-0.4, -0.2) is 32.4 Å². The van der Waals surface area contributed by atoms with E-state index < -0.39 is 10.0 Å². The van der Waals surface area contributed by atoms with Crippen LogP contribution in [0, 0.1) is 6.92 Å². The monoisotopic (exact) mass is 302 g/mol. The van der Waals surface area contributed by atoms with Crippen LogP contribution in [0.2, 0.25) is 0 Å². The van der Waals surface area contributed by atoms with E-state index in [-0.39, 0.29) is 6.04 Å². The van der Waals surface area contributed by atoms with Crippen molar-refractivity contribution in [3.63, 3.8) is 0 Å². The molecule has 1 fully saturated rings. The molecule has 108 valence electrons. The number of nitrogens with zero attached hydrogens (tertiary/aromatic N) is 1. The van der Waals surface area contributed by atoms with Crippen LogP contribution in [0.4, 0.5) is 0 Å². The highest BCUT2D eigenvalue weighted by Gasteiger charge is 2.34. The van der Waals surface area contributed by atoms with Crippen molar-refractivity contribution in [2.45, 2.75) is 50.6 Å². The van der Waals surface area contributed by atoms with E-state index in [0.29, 0.717) is 18.0 Å². The van der Waals surface area contributed by atoms with Crippen molar-refractivity contribution in [1.82, 2.24) is 9.62 Å². The molecule has 0 spiro atoms. The van der Waals surface area contributed by atoms with Crippen molar-refractivity contribution >= 4 is 21.4 Å². The van der Waals surface area contributed by atoms with Gasteiger partial charge in [0.2, 0.25) is 10.0 Å². The van der Waals surface area contributed by atoms with Crippen LogP contribution in [0.15, 0.2) is 10.3 Å². The van der Waals surface area contributed by atoms with Crippen molar-refractivity contribution in [3.05, 3.63) is 15.8 Å². The van der Waals surface area contributed by atoms with Gasteiger partial charge >= 0.3 is 0 Å². The van der Waals surface area contributed by atoms with Gasteiger partial charge in [0.25, 0.3) is 0 Å². The Bertz CT molecular complexity index is 537. The minimum absolute atomic E-state index is 0.112. The summed E-state index contributed by atoms with van der Waals surface area (Å²) in [4.78, 5) is 1.44. The second kappa shape index (κ2) is 5.91. The number of sulfonamides is 1. The Morgan fingerprint density at radius 2 is 2.21 bits per heavy atom. The molecule has 1 saturated heterocycles. The molecular formula is C13H22N2O2S2. The first-order chi connectivity index (χ1) is 8.98. The van der Waals surface area contributed by atoms with Gasteiger partial charge < -0.3 is 5.32 Å². The number of nitrogens with one attached hydrogen (secondary N) is 1. The van der Waals surface area contributed by atoms with Crippen molar-refractivity contribution in [1.29, 1.82) is 0 Å². The van der Waals surface area contributed by atoms with E-state index >= 15 is 0 Å². The molecule has 6 heteroatoms. The predicted molar refractivity (Wildman–Crippen MR) is 79.0 cm³/mol. The molecule has 0 radical (unpaired) electrons. The van der Waals surface area contributed by atoms with E-state index in [1.807, 2.05) is 26.3 Å². The maximum Gasteiger partial charge on any atom is 0.244 e. The summed E-state index contributed by atoms with van der Waals surface area (Å²) in [6, 6.07) is 0.112. The number of hydrogen-bond donors (Lipinski definition) is 1. The van der Waals surface area contributed by atoms with Gasteiger partial charge in [-0.3, -0.25) is 0 Å². The number of rotatable bonds is 4. The molecule has 0 amide bonds. The Labute approximate surface area is 119 Å². The highest BCUT2D eigenvalue weighted by Crippen LogP contribution is 2.32. The lowest BCUT2D eigenvalue weighted by atomic mass is 10.1. The van der Waals surface area contributed by atoms with Crippen molar-refractivity contribution < 1.29 is 8.42 Å². The maximum absolute atomic E-state index is 12.9. The molecule has 0 bridgehead atoms. The van der Waals surface area contributed by atoms with Gasteiger partial charge in [0, 0.05) is 24.0 Å². The number of hydrogen-bond acceptors (Lipinski definition) is 4. The Balaban J connectivity index is 2.41. The van der Waals surface area contributed by atoms with E-state index in [1.54, 1.807) is 4.31 Å². The first kappa shape index (κ1) is 15.0. The lowest BCUT2D eigenvalue weighted by Crippen LogP contribution is -2.42. The summed E-state index contributed by atoms with van der Waals surface area (Å²) in [6.45, 7) is 5.15. The molecule has 4 nitrogen and oxygen atoms in total. The molecule has 1 aromatic heterocycles. The number of piperidine rings is 1. The second-order valence-corrected chi connectivity index (χ2v) is 7.95. The molecular weight excluding hydrogens is 280 g/mol. The maximum atomic E-state index is 12.9. The molecule has 2 heterocycles. The Morgan fingerprint density at radius 3 is 2.84 bits per heavy atom. The fraction of sp³-hybridized carbons (Fsp3) is 0.692. The molecule has 0 aromatic carbocycles. The van der Waals surface area contributed by atoms with Gasteiger partial charge in [-0.15, -0.1) is 11.3 Å². The third-order valence-electron chi connectivity index (χ3n) is 3.64. The average molecular weight is 302 g/mol. The van der Waals surface area contributed by atoms with Gasteiger partial charge in [-0.05, 0) is 44.7 Å². The predicted octanol–water partition coefficient (Wildman–Crippen LogP) is 2.34. The van der Waals surface area contributed by atoms with Crippen molar-refractivity contribution in [2.75, 3.05) is 13.6 Å². The Kier molecular flexibility index (Phi) is 4.66. The van der Waals surface area contributed by atoms with Gasteiger partial charge in [-0.25, -0.2) is 8.42 Å². The van der Waals surface area contributed by atoms with Crippen LogP contribution in [0.3, 0.4) is 0 Å². The summed E-state index contributed by atoms with van der Waals surface area (Å²) < 4.78 is 27.4. The summed E-state index contributed by atoms with van der Waals surface area (Å²) in [5.74, 6) is 0. The standard InChI is InChI=1S/C13H22N2O2S2/c1-10-9-18-12(8-14-3)13(10)19(16,17)15-7-5-4-6-11(15)2/h9,11,14H,4-8H2,1-3H3. The lowest BCUT2D eigenvalue weighted by molar-refractivity contribution is 0.268. The topological polar surface area (TPSA) is 49.4 Å². The zero-order valence-electron chi connectivity index (χ0n) is 11.8. The second-order valence-electron chi connectivity index (χ2n) is 5.16. The largest absolute Gasteiger partial charge is 0.315 e. The molecule has 1 N–H and O–H groups in total. The SMILES string of the molecule is CNCc1scc(C)c1S(=O)(=O)N1CCCCC1C. The first-order valence-electron chi connectivity index (χ1n) is 6.72. The fourth-order valence-corrected chi connectivity index (χ4v) is 6.14. The third kappa shape index (κ3) is 2.86. The van der Waals surface area contributed by atoms with E-state index in [2.05, 4.69) is 5.32 Å². The smallest absolute Gasteiger partial charge is 0.244 e. The van der Waals surface area contributed by atoms with Crippen LogP contribution in [0.1, 0.15) is 36.6 Å². The quantitative estimate of drug-likeness (QED) is 0.929. The van der Waals surface area contributed by atoms with E-state index in [4.69, 9.17) is 0 Å². The first-order valence-corrected chi connectivity index (χ1v) is 9.04. The van der Waals surface area contributed by atoms with Gasteiger partial charge in [-0.2, -0.15) is 4.31 Å². The van der Waals surface area contributed by atoms with Crippen LogP contribution < -0.4 is 5.32 Å². The zero-order chi connectivity index (χ0) is 14.0. The van der Waals surface area contributed by atoms with Crippen LogP contribution in [-0.2, 0) is 16.6 Å². The van der Waals surface area contributed by atoms with Crippen molar-refractivity contribution in [3.8, 4) is 0 Å². The van der Waals surface area contributed by atoms with Crippen LogP contribution >= 0.6 is 11.3 Å². The van der Waals surface area contributed by atoms with Crippen LogP contribution in [0.25, 0.3) is 0 Å². The molecule has 0 aliphatic carbocycles. The molecule has 1 aliphatic rings. The summed E-state index contributed by atoms with van der Waals surface area (Å²) in [7, 11) is -1.51. The molecule has 1 aromatic rings. The molecule has 0 saturated carbocycles. The minimum atomic E-state index is -3.35. The van der Waals surface area contributed by atoms with Gasteiger partial charge in [-0.1, -0.05) is 6.42 Å². The fourth-order valence-electron chi connectivity index (χ4n) is 2.66. The minimum Gasteiger partial charge on any atom is -0.315 e. The zero-order valence-corrected chi connectivity index (χ0v) is 13.4. The molecule has 1 unspecified atom stereocenters. The van der Waals surface area contributed by atoms with E-state index in [1.165, 1.54) is 11.3 Å². The molecule has 1 aliphatic heterocycles. The summed E-state index contributed by atoms with van der Waals surface area (Å²) >= 11 is 1.52. The average Bonchev–Trinajstić information content (AvgIpc) is 2.72. The summed E-state index contributed by atoms with van der Waals surface area (Å²) in [5.41, 5.74) is 0.869. The van der Waals surface area contributed by atoms with E-state index in [9.17, 15) is 8.42 Å². The van der Waals surface area contributed by atoms with Gasteiger partial charge in [0.15, 0.2) is 0 Å². The highest BCUT2D eigenvalue weighted by atomic mass is 32.2. The van der Waals surface area contributed by atoms with Gasteiger partial charge in [0.05, 0.1) is 0 Å². The summed E-state index contributed by atoms with van der Waals surface area (Å²) in [6.07, 6.45) is 3.05. The Morgan fingerprint density at radius 1 is 1.47 bits per heavy atom. The highest BCUT2D eigenvalue weighted by molar-refractivity contribution is 7.89. The van der Waals surface area contributed by atoms with E-state index in [0.717, 1.165) is 29.7 Å². The van der Waals surface area contributed by atoms with Gasteiger partial charge in [0.1, 0.15) is 4.90 Å².